The molecule has 2 fully saturated rings. The predicted octanol–water partition coefficient (Wildman–Crippen LogP) is 2.44. The van der Waals surface area contributed by atoms with E-state index in [1.54, 1.807) is 6.07 Å². The van der Waals surface area contributed by atoms with E-state index in [2.05, 4.69) is 15.3 Å². The van der Waals surface area contributed by atoms with Gasteiger partial charge in [0.25, 0.3) is 0 Å². The molecule has 2 saturated heterocycles. The summed E-state index contributed by atoms with van der Waals surface area (Å²) in [5, 5.41) is 3.52. The van der Waals surface area contributed by atoms with Crippen molar-refractivity contribution in [3.8, 4) is 0 Å². The van der Waals surface area contributed by atoms with Crippen LogP contribution in [0.2, 0.25) is 0 Å². The summed E-state index contributed by atoms with van der Waals surface area (Å²) in [6, 6.07) is 5.42. The topological polar surface area (TPSA) is 61.0 Å². The van der Waals surface area contributed by atoms with E-state index >= 15 is 0 Å². The Balaban J connectivity index is 0.00000104. The first-order chi connectivity index (χ1) is 10.7. The number of H-pyrrole nitrogens is 1. The minimum atomic E-state index is -0.282. The van der Waals surface area contributed by atoms with Crippen LogP contribution in [0, 0.1) is 5.82 Å². The first kappa shape index (κ1) is 19.0. The van der Waals surface area contributed by atoms with Crippen LogP contribution in [0.1, 0.15) is 25.1 Å². The highest BCUT2D eigenvalue weighted by molar-refractivity contribution is 5.85. The van der Waals surface area contributed by atoms with E-state index in [1.807, 2.05) is 4.90 Å². The van der Waals surface area contributed by atoms with Crippen molar-refractivity contribution >= 4 is 41.8 Å². The van der Waals surface area contributed by atoms with E-state index in [1.165, 1.54) is 25.0 Å². The number of carbonyl (C=O) groups excluding carboxylic acids is 1. The number of aromatic amines is 1. The highest BCUT2D eigenvalue weighted by Gasteiger charge is 2.33. The molecule has 1 amide bonds. The van der Waals surface area contributed by atoms with Gasteiger partial charge in [-0.25, -0.2) is 9.37 Å². The number of rotatable bonds is 3. The van der Waals surface area contributed by atoms with Crippen molar-refractivity contribution in [3.63, 3.8) is 0 Å². The first-order valence-electron chi connectivity index (χ1n) is 7.85. The predicted molar refractivity (Wildman–Crippen MR) is 95.4 cm³/mol. The molecule has 2 atom stereocenters. The van der Waals surface area contributed by atoms with Crippen molar-refractivity contribution < 1.29 is 9.18 Å². The van der Waals surface area contributed by atoms with E-state index in [0.717, 1.165) is 24.4 Å². The lowest BCUT2D eigenvalue weighted by Crippen LogP contribution is -2.53. The third kappa shape index (κ3) is 3.82. The summed E-state index contributed by atoms with van der Waals surface area (Å²) in [4.78, 5) is 21.8. The Morgan fingerprint density at radius 1 is 1.25 bits per heavy atom. The maximum Gasteiger partial charge on any atom is 0.223 e. The number of halogens is 3. The van der Waals surface area contributed by atoms with Crippen molar-refractivity contribution in [1.82, 2.24) is 20.2 Å². The molecule has 0 radical (unpaired) electrons. The van der Waals surface area contributed by atoms with Gasteiger partial charge in [0.15, 0.2) is 0 Å². The van der Waals surface area contributed by atoms with Crippen molar-refractivity contribution in [2.24, 2.45) is 0 Å². The zero-order chi connectivity index (χ0) is 15.1. The second-order valence-electron chi connectivity index (χ2n) is 6.28. The fraction of sp³-hybridized carbons (Fsp3) is 0.500. The minimum Gasteiger partial charge on any atom is -0.342 e. The lowest BCUT2D eigenvalue weighted by molar-refractivity contribution is -0.132. The monoisotopic (exact) mass is 374 g/mol. The van der Waals surface area contributed by atoms with Gasteiger partial charge in [0, 0.05) is 38.0 Å². The van der Waals surface area contributed by atoms with Crippen LogP contribution in [0.15, 0.2) is 18.2 Å². The zero-order valence-corrected chi connectivity index (χ0v) is 14.8. The number of aryl methyl sites for hydroxylation is 1. The summed E-state index contributed by atoms with van der Waals surface area (Å²) in [5.41, 5.74) is 1.42. The van der Waals surface area contributed by atoms with E-state index < -0.39 is 0 Å². The van der Waals surface area contributed by atoms with E-state index in [-0.39, 0.29) is 36.5 Å². The summed E-state index contributed by atoms with van der Waals surface area (Å²) in [6.07, 6.45) is 3.35. The molecule has 0 saturated carbocycles. The number of aromatic nitrogens is 2. The molecule has 2 aliphatic heterocycles. The fourth-order valence-electron chi connectivity index (χ4n) is 3.54. The number of likely N-dealkylation sites (tertiary alicyclic amines) is 1. The largest absolute Gasteiger partial charge is 0.342 e. The van der Waals surface area contributed by atoms with E-state index in [9.17, 15) is 9.18 Å². The summed E-state index contributed by atoms with van der Waals surface area (Å²) in [7, 11) is 0. The molecule has 2 aromatic rings. The quantitative estimate of drug-likeness (QED) is 0.867. The SMILES string of the molecule is Cl.Cl.O=C(CCc1nc2ccc(F)cc2[nH]1)N1C[C@H]2CC[C@@H](C1)N2. The molecule has 8 heteroatoms. The molecular weight excluding hydrogens is 354 g/mol. The molecule has 132 valence electrons. The number of amides is 1. The van der Waals surface area contributed by atoms with Crippen LogP contribution >= 0.6 is 24.8 Å². The zero-order valence-electron chi connectivity index (χ0n) is 13.1. The smallest absolute Gasteiger partial charge is 0.223 e. The molecule has 4 rings (SSSR count). The second kappa shape index (κ2) is 7.68. The number of carbonyl (C=O) groups is 1. The normalized spacial score (nSPS) is 22.1. The molecule has 2 aliphatic rings. The van der Waals surface area contributed by atoms with Gasteiger partial charge in [-0.2, -0.15) is 0 Å². The molecule has 3 heterocycles. The highest BCUT2D eigenvalue weighted by atomic mass is 35.5. The molecule has 0 unspecified atom stereocenters. The first-order valence-corrected chi connectivity index (χ1v) is 7.85. The summed E-state index contributed by atoms with van der Waals surface area (Å²) < 4.78 is 13.2. The highest BCUT2D eigenvalue weighted by Crippen LogP contribution is 2.21. The molecule has 0 spiro atoms. The van der Waals surface area contributed by atoms with Crippen molar-refractivity contribution in [3.05, 3.63) is 29.8 Å². The molecule has 1 aromatic carbocycles. The van der Waals surface area contributed by atoms with Gasteiger partial charge < -0.3 is 15.2 Å². The summed E-state index contributed by atoms with van der Waals surface area (Å²) in [5.74, 6) is 0.646. The maximum atomic E-state index is 13.2. The fourth-order valence-corrected chi connectivity index (χ4v) is 3.54. The number of nitrogens with zero attached hydrogens (tertiary/aromatic N) is 2. The Labute approximate surface area is 152 Å². The maximum absolute atomic E-state index is 13.2. The number of hydrogen-bond acceptors (Lipinski definition) is 3. The molecule has 2 N–H and O–H groups in total. The number of imidazole rings is 1. The van der Waals surface area contributed by atoms with Gasteiger partial charge in [0.1, 0.15) is 11.6 Å². The molecule has 24 heavy (non-hydrogen) atoms. The number of piperazine rings is 1. The number of fused-ring (bicyclic) bond motifs is 3. The number of hydrogen-bond donors (Lipinski definition) is 2. The Bertz CT molecular complexity index is 711. The average Bonchev–Trinajstić information content (AvgIpc) is 3.06. The third-order valence-electron chi connectivity index (χ3n) is 4.64. The van der Waals surface area contributed by atoms with Gasteiger partial charge in [0.2, 0.25) is 5.91 Å². The number of benzene rings is 1. The van der Waals surface area contributed by atoms with Crippen LogP contribution in [-0.4, -0.2) is 45.9 Å². The van der Waals surface area contributed by atoms with Gasteiger partial charge >= 0.3 is 0 Å². The van der Waals surface area contributed by atoms with Crippen LogP contribution in [0.3, 0.4) is 0 Å². The number of nitrogens with one attached hydrogen (secondary N) is 2. The Kier molecular flexibility index (Phi) is 6.06. The van der Waals surface area contributed by atoms with Gasteiger partial charge in [-0.05, 0) is 31.0 Å². The van der Waals surface area contributed by atoms with Gasteiger partial charge in [0.05, 0.1) is 11.0 Å². The van der Waals surface area contributed by atoms with E-state index in [0.29, 0.717) is 30.4 Å². The van der Waals surface area contributed by atoms with Crippen LogP contribution < -0.4 is 5.32 Å². The van der Waals surface area contributed by atoms with Crippen molar-refractivity contribution in [2.75, 3.05) is 13.1 Å². The van der Waals surface area contributed by atoms with Gasteiger partial charge in [-0.3, -0.25) is 4.79 Å². The Morgan fingerprint density at radius 2 is 1.96 bits per heavy atom. The Morgan fingerprint density at radius 3 is 2.67 bits per heavy atom. The minimum absolute atomic E-state index is 0. The lowest BCUT2D eigenvalue weighted by Gasteiger charge is -2.32. The van der Waals surface area contributed by atoms with Crippen molar-refractivity contribution in [2.45, 2.75) is 37.8 Å². The lowest BCUT2D eigenvalue weighted by atomic mass is 10.2. The average molecular weight is 375 g/mol. The molecular formula is C16H21Cl2FN4O. The molecule has 0 aliphatic carbocycles. The third-order valence-corrected chi connectivity index (χ3v) is 4.64. The van der Waals surface area contributed by atoms with Crippen LogP contribution in [-0.2, 0) is 11.2 Å². The van der Waals surface area contributed by atoms with Gasteiger partial charge in [-0.15, -0.1) is 24.8 Å². The summed E-state index contributed by atoms with van der Waals surface area (Å²) >= 11 is 0. The van der Waals surface area contributed by atoms with Crippen molar-refractivity contribution in [1.29, 1.82) is 0 Å². The van der Waals surface area contributed by atoms with Crippen LogP contribution in [0.5, 0.6) is 0 Å². The Hall–Kier alpha value is -1.37. The van der Waals surface area contributed by atoms with E-state index in [4.69, 9.17) is 0 Å². The standard InChI is InChI=1S/C16H19FN4O.2ClH/c17-10-1-4-13-14(7-10)20-15(19-13)5-6-16(22)21-8-11-2-3-12(9-21)18-11;;/h1,4,7,11-12,18H,2-3,5-6,8-9H2,(H,19,20);2*1H/t11-,12+;;. The molecule has 2 bridgehead atoms. The van der Waals surface area contributed by atoms with Crippen LogP contribution in [0.4, 0.5) is 4.39 Å². The molecule has 5 nitrogen and oxygen atoms in total. The summed E-state index contributed by atoms with van der Waals surface area (Å²) in [6.45, 7) is 1.64. The van der Waals surface area contributed by atoms with Crippen LogP contribution in [0.25, 0.3) is 11.0 Å². The second-order valence-corrected chi connectivity index (χ2v) is 6.28. The van der Waals surface area contributed by atoms with Gasteiger partial charge in [-0.1, -0.05) is 0 Å². The molecule has 1 aromatic heterocycles.